The maximum atomic E-state index is 10.8. The van der Waals surface area contributed by atoms with Crippen molar-refractivity contribution in [1.82, 2.24) is 9.97 Å². The number of carboxylic acids is 1. The molecule has 84 valence electrons. The van der Waals surface area contributed by atoms with Gasteiger partial charge in [-0.25, -0.2) is 14.8 Å². The molecule has 0 saturated carbocycles. The van der Waals surface area contributed by atoms with E-state index in [2.05, 4.69) is 21.2 Å². The number of terminal acetylenes is 1. The maximum absolute atomic E-state index is 10.8. The number of aliphatic hydroxyl groups excluding tert-OH is 1. The van der Waals surface area contributed by atoms with E-state index >= 15 is 0 Å². The van der Waals surface area contributed by atoms with Crippen LogP contribution in [0.2, 0.25) is 0 Å². The summed E-state index contributed by atoms with van der Waals surface area (Å²) in [6.45, 7) is -0.208. The Kier molecular flexibility index (Phi) is 4.24. The first kappa shape index (κ1) is 11.9. The Labute approximate surface area is 92.4 Å². The molecule has 0 bridgehead atoms. The Hall–Kier alpha value is -2.13. The summed E-state index contributed by atoms with van der Waals surface area (Å²) in [5.74, 6) is 1.28. The first-order valence-electron chi connectivity index (χ1n) is 4.54. The fourth-order valence-corrected chi connectivity index (χ4v) is 1.10. The molecular formula is C10H11N3O3. The third kappa shape index (κ3) is 2.93. The molecule has 1 heterocycles. The highest BCUT2D eigenvalue weighted by Gasteiger charge is 2.15. The van der Waals surface area contributed by atoms with Gasteiger partial charge in [0.05, 0.1) is 12.6 Å². The van der Waals surface area contributed by atoms with Crippen molar-refractivity contribution in [1.29, 1.82) is 0 Å². The second kappa shape index (κ2) is 5.68. The number of carbonyl (C=O) groups is 1. The van der Waals surface area contributed by atoms with Gasteiger partial charge in [0.15, 0.2) is 11.5 Å². The van der Waals surface area contributed by atoms with E-state index in [4.69, 9.17) is 16.6 Å². The summed E-state index contributed by atoms with van der Waals surface area (Å²) in [7, 11) is 0. The molecule has 0 fully saturated rings. The number of nitrogens with zero attached hydrogens (tertiary/aromatic N) is 2. The highest BCUT2D eigenvalue weighted by molar-refractivity contribution is 5.90. The molecule has 6 heteroatoms. The molecule has 1 atom stereocenters. The molecule has 0 amide bonds. The zero-order chi connectivity index (χ0) is 12.0. The van der Waals surface area contributed by atoms with Gasteiger partial charge in [-0.3, -0.25) is 0 Å². The smallest absolute Gasteiger partial charge is 0.358 e. The number of anilines is 1. The average Bonchev–Trinajstić information content (AvgIpc) is 2.29. The zero-order valence-electron chi connectivity index (χ0n) is 8.42. The van der Waals surface area contributed by atoms with Gasteiger partial charge < -0.3 is 15.5 Å². The van der Waals surface area contributed by atoms with E-state index in [1.807, 2.05) is 0 Å². The molecule has 3 N–H and O–H groups in total. The molecule has 0 aliphatic rings. The Balaban J connectivity index is 2.87. The minimum absolute atomic E-state index is 0.101. The Morgan fingerprint density at radius 1 is 1.56 bits per heavy atom. The summed E-state index contributed by atoms with van der Waals surface area (Å²) in [4.78, 5) is 18.3. The van der Waals surface area contributed by atoms with Crippen LogP contribution in [0.25, 0.3) is 0 Å². The Morgan fingerprint density at radius 3 is 2.81 bits per heavy atom. The van der Waals surface area contributed by atoms with Crippen molar-refractivity contribution >= 4 is 11.8 Å². The lowest BCUT2D eigenvalue weighted by molar-refractivity contribution is 0.0691. The van der Waals surface area contributed by atoms with Gasteiger partial charge in [-0.1, -0.05) is 0 Å². The highest BCUT2D eigenvalue weighted by atomic mass is 16.4. The molecule has 0 aromatic carbocycles. The van der Waals surface area contributed by atoms with Gasteiger partial charge >= 0.3 is 5.97 Å². The van der Waals surface area contributed by atoms with Crippen LogP contribution in [0, 0.1) is 12.3 Å². The van der Waals surface area contributed by atoms with Crippen molar-refractivity contribution in [3.63, 3.8) is 0 Å². The van der Waals surface area contributed by atoms with E-state index in [0.29, 0.717) is 0 Å². The second-order valence-corrected chi connectivity index (χ2v) is 2.99. The summed E-state index contributed by atoms with van der Waals surface area (Å²) < 4.78 is 0. The zero-order valence-corrected chi connectivity index (χ0v) is 8.42. The standard InChI is InChI=1S/C10H11N3O3/c1-2-3-7(6-14)13-9-8(10(15)16)11-4-5-12-9/h1,4-5,7,14H,3,6H2,(H,12,13)(H,15,16). The monoisotopic (exact) mass is 221 g/mol. The van der Waals surface area contributed by atoms with E-state index in [-0.39, 0.29) is 24.5 Å². The van der Waals surface area contributed by atoms with E-state index < -0.39 is 12.0 Å². The van der Waals surface area contributed by atoms with E-state index in [9.17, 15) is 4.79 Å². The normalized spacial score (nSPS) is 11.5. The van der Waals surface area contributed by atoms with Crippen LogP contribution in [0.4, 0.5) is 5.82 Å². The second-order valence-electron chi connectivity index (χ2n) is 2.99. The molecule has 0 aliphatic carbocycles. The lowest BCUT2D eigenvalue weighted by Crippen LogP contribution is -2.25. The number of aliphatic hydroxyl groups is 1. The SMILES string of the molecule is C#CCC(CO)Nc1nccnc1C(=O)O. The number of aromatic nitrogens is 2. The predicted octanol–water partition coefficient (Wildman–Crippen LogP) is -0.0291. The topological polar surface area (TPSA) is 95.3 Å². The maximum Gasteiger partial charge on any atom is 0.358 e. The summed E-state index contributed by atoms with van der Waals surface area (Å²) in [6.07, 6.45) is 8.01. The number of nitrogens with one attached hydrogen (secondary N) is 1. The molecule has 1 aromatic rings. The molecule has 6 nitrogen and oxygen atoms in total. The molecule has 1 unspecified atom stereocenters. The first-order chi connectivity index (χ1) is 7.69. The number of hydrogen-bond acceptors (Lipinski definition) is 5. The third-order valence-electron chi connectivity index (χ3n) is 1.83. The number of aromatic carboxylic acids is 1. The van der Waals surface area contributed by atoms with Gasteiger partial charge in [-0.15, -0.1) is 12.3 Å². The van der Waals surface area contributed by atoms with Crippen molar-refractivity contribution in [2.75, 3.05) is 11.9 Å². The molecule has 0 radical (unpaired) electrons. The van der Waals surface area contributed by atoms with Gasteiger partial charge in [0.2, 0.25) is 0 Å². The van der Waals surface area contributed by atoms with Crippen molar-refractivity contribution in [3.8, 4) is 12.3 Å². The van der Waals surface area contributed by atoms with Gasteiger partial charge in [-0.05, 0) is 0 Å². The van der Waals surface area contributed by atoms with Crippen molar-refractivity contribution in [2.45, 2.75) is 12.5 Å². The van der Waals surface area contributed by atoms with Crippen molar-refractivity contribution < 1.29 is 15.0 Å². The van der Waals surface area contributed by atoms with Gasteiger partial charge in [-0.2, -0.15) is 0 Å². The molecule has 0 spiro atoms. The lowest BCUT2D eigenvalue weighted by atomic mass is 10.2. The summed E-state index contributed by atoms with van der Waals surface area (Å²) in [5, 5.41) is 20.6. The van der Waals surface area contributed by atoms with Crippen molar-refractivity contribution in [3.05, 3.63) is 18.1 Å². The van der Waals surface area contributed by atoms with Gasteiger partial charge in [0.25, 0.3) is 0 Å². The molecule has 1 rings (SSSR count). The number of rotatable bonds is 5. The number of hydrogen-bond donors (Lipinski definition) is 3. The Morgan fingerprint density at radius 2 is 2.25 bits per heavy atom. The van der Waals surface area contributed by atoms with Crippen molar-refractivity contribution in [2.24, 2.45) is 0 Å². The van der Waals surface area contributed by atoms with E-state index in [1.165, 1.54) is 12.4 Å². The van der Waals surface area contributed by atoms with Gasteiger partial charge in [0.1, 0.15) is 0 Å². The highest BCUT2D eigenvalue weighted by Crippen LogP contribution is 2.10. The summed E-state index contributed by atoms with van der Waals surface area (Å²) in [6, 6.07) is -0.431. The van der Waals surface area contributed by atoms with E-state index in [1.54, 1.807) is 0 Å². The first-order valence-corrected chi connectivity index (χ1v) is 4.54. The fraction of sp³-hybridized carbons (Fsp3) is 0.300. The molecule has 16 heavy (non-hydrogen) atoms. The summed E-state index contributed by atoms with van der Waals surface area (Å²) in [5.41, 5.74) is -0.196. The largest absolute Gasteiger partial charge is 0.476 e. The molecule has 1 aromatic heterocycles. The Bertz CT molecular complexity index is 414. The van der Waals surface area contributed by atoms with Crippen LogP contribution in [-0.4, -0.2) is 38.8 Å². The summed E-state index contributed by atoms with van der Waals surface area (Å²) >= 11 is 0. The average molecular weight is 221 g/mol. The fourth-order valence-electron chi connectivity index (χ4n) is 1.10. The molecule has 0 aliphatic heterocycles. The van der Waals surface area contributed by atoms with Crippen LogP contribution in [0.1, 0.15) is 16.9 Å². The predicted molar refractivity (Wildman–Crippen MR) is 56.9 cm³/mol. The van der Waals surface area contributed by atoms with Crippen LogP contribution in [0.15, 0.2) is 12.4 Å². The van der Waals surface area contributed by atoms with Crippen LogP contribution in [-0.2, 0) is 0 Å². The minimum atomic E-state index is -1.19. The van der Waals surface area contributed by atoms with Crippen LogP contribution in [0.3, 0.4) is 0 Å². The van der Waals surface area contributed by atoms with Crippen LogP contribution in [0.5, 0.6) is 0 Å². The lowest BCUT2D eigenvalue weighted by Gasteiger charge is -2.14. The quantitative estimate of drug-likeness (QED) is 0.604. The third-order valence-corrected chi connectivity index (χ3v) is 1.83. The van der Waals surface area contributed by atoms with Crippen LogP contribution < -0.4 is 5.32 Å². The van der Waals surface area contributed by atoms with E-state index in [0.717, 1.165) is 0 Å². The molecular weight excluding hydrogens is 210 g/mol. The van der Waals surface area contributed by atoms with Gasteiger partial charge in [0, 0.05) is 18.8 Å². The van der Waals surface area contributed by atoms with Crippen LogP contribution >= 0.6 is 0 Å². The molecule has 0 saturated heterocycles. The minimum Gasteiger partial charge on any atom is -0.476 e. The number of carboxylic acid groups (broad SMARTS) is 1.